The number of aryl methyl sites for hydroxylation is 1. The average molecular weight is 358 g/mol. The Hall–Kier alpha value is -1.32. The number of nitriles is 1. The number of hydrogen-bond acceptors (Lipinski definition) is 4. The molecule has 1 aromatic heterocycles. The summed E-state index contributed by atoms with van der Waals surface area (Å²) >= 11 is 13.1. The van der Waals surface area contributed by atoms with Crippen molar-refractivity contribution in [3.63, 3.8) is 0 Å². The third kappa shape index (κ3) is 3.47. The Morgan fingerprint density at radius 1 is 1.29 bits per heavy atom. The summed E-state index contributed by atoms with van der Waals surface area (Å²) in [4.78, 5) is 1.17. The van der Waals surface area contributed by atoms with Crippen molar-refractivity contribution in [3.8, 4) is 6.07 Å². The lowest BCUT2D eigenvalue weighted by atomic mass is 10.4. The van der Waals surface area contributed by atoms with Gasteiger partial charge in [0.25, 0.3) is 0 Å². The molecule has 7 heteroatoms. The predicted octanol–water partition coefficient (Wildman–Crippen LogP) is 4.70. The SMILES string of the molecule is Cc1ccc(/C=C(\C#N)S(=O)(=O)c2cc(Cl)ccc2Cl)s1. The van der Waals surface area contributed by atoms with Crippen molar-refractivity contribution in [2.75, 3.05) is 0 Å². The molecule has 108 valence electrons. The van der Waals surface area contributed by atoms with Crippen LogP contribution in [0.2, 0.25) is 10.0 Å². The molecule has 0 atom stereocenters. The molecule has 0 amide bonds. The first kappa shape index (κ1) is 16.1. The highest BCUT2D eigenvalue weighted by atomic mass is 35.5. The van der Waals surface area contributed by atoms with E-state index in [4.69, 9.17) is 23.2 Å². The van der Waals surface area contributed by atoms with Gasteiger partial charge in [0, 0.05) is 14.8 Å². The number of sulfone groups is 1. The van der Waals surface area contributed by atoms with Crippen molar-refractivity contribution in [2.45, 2.75) is 11.8 Å². The van der Waals surface area contributed by atoms with E-state index in [1.54, 1.807) is 12.1 Å². The van der Waals surface area contributed by atoms with Gasteiger partial charge < -0.3 is 0 Å². The van der Waals surface area contributed by atoms with E-state index in [-0.39, 0.29) is 19.8 Å². The Kier molecular flexibility index (Phi) is 4.74. The third-order valence-electron chi connectivity index (χ3n) is 2.62. The number of nitrogens with zero attached hydrogens (tertiary/aromatic N) is 1. The van der Waals surface area contributed by atoms with Crippen LogP contribution in [-0.2, 0) is 9.84 Å². The number of rotatable bonds is 3. The molecule has 0 saturated carbocycles. The van der Waals surface area contributed by atoms with Crippen LogP contribution in [0.15, 0.2) is 40.1 Å². The monoisotopic (exact) mass is 357 g/mol. The minimum atomic E-state index is -4.00. The second-order valence-electron chi connectivity index (χ2n) is 4.15. The minimum absolute atomic E-state index is 0.0305. The van der Waals surface area contributed by atoms with Gasteiger partial charge in [0.2, 0.25) is 9.84 Å². The van der Waals surface area contributed by atoms with Gasteiger partial charge in [-0.25, -0.2) is 8.42 Å². The van der Waals surface area contributed by atoms with Crippen LogP contribution in [0, 0.1) is 18.3 Å². The zero-order valence-corrected chi connectivity index (χ0v) is 13.9. The zero-order chi connectivity index (χ0) is 15.6. The minimum Gasteiger partial charge on any atom is -0.218 e. The van der Waals surface area contributed by atoms with Crippen LogP contribution in [0.3, 0.4) is 0 Å². The summed E-state index contributed by atoms with van der Waals surface area (Å²) in [6.45, 7) is 1.90. The van der Waals surface area contributed by atoms with Crippen LogP contribution in [0.25, 0.3) is 6.08 Å². The first-order valence-corrected chi connectivity index (χ1v) is 8.78. The van der Waals surface area contributed by atoms with Gasteiger partial charge in [-0.15, -0.1) is 11.3 Å². The van der Waals surface area contributed by atoms with Gasteiger partial charge in [-0.05, 0) is 43.3 Å². The first-order valence-electron chi connectivity index (χ1n) is 5.73. The maximum Gasteiger partial charge on any atom is 0.218 e. The summed E-state index contributed by atoms with van der Waals surface area (Å²) in [5.41, 5.74) is 0. The number of thiophene rings is 1. The summed E-state index contributed by atoms with van der Waals surface area (Å²) in [7, 11) is -4.00. The van der Waals surface area contributed by atoms with Gasteiger partial charge in [-0.2, -0.15) is 5.26 Å². The molecule has 0 saturated heterocycles. The van der Waals surface area contributed by atoms with Gasteiger partial charge >= 0.3 is 0 Å². The Balaban J connectivity index is 2.58. The molecule has 1 heterocycles. The molecule has 3 nitrogen and oxygen atoms in total. The molecule has 0 fully saturated rings. The Morgan fingerprint density at radius 2 is 2.00 bits per heavy atom. The van der Waals surface area contributed by atoms with Crippen LogP contribution >= 0.6 is 34.5 Å². The van der Waals surface area contributed by atoms with E-state index >= 15 is 0 Å². The summed E-state index contributed by atoms with van der Waals surface area (Å²) in [6.07, 6.45) is 1.34. The van der Waals surface area contributed by atoms with Crippen LogP contribution in [-0.4, -0.2) is 8.42 Å². The van der Waals surface area contributed by atoms with Gasteiger partial charge in [0.05, 0.1) is 9.92 Å². The molecule has 21 heavy (non-hydrogen) atoms. The van der Waals surface area contributed by atoms with Gasteiger partial charge in [0.1, 0.15) is 6.07 Å². The van der Waals surface area contributed by atoms with E-state index in [2.05, 4.69) is 0 Å². The molecular weight excluding hydrogens is 349 g/mol. The maximum atomic E-state index is 12.5. The van der Waals surface area contributed by atoms with Crippen molar-refractivity contribution in [3.05, 3.63) is 55.0 Å². The summed E-state index contributed by atoms with van der Waals surface area (Å²) in [5, 5.41) is 9.45. The first-order chi connectivity index (χ1) is 9.84. The van der Waals surface area contributed by atoms with Gasteiger partial charge in [-0.1, -0.05) is 23.2 Å². The molecule has 0 radical (unpaired) electrons. The Labute approximate surface area is 137 Å². The lowest BCUT2D eigenvalue weighted by Gasteiger charge is -2.05. The molecule has 0 N–H and O–H groups in total. The normalized spacial score (nSPS) is 12.2. The van der Waals surface area contributed by atoms with Crippen LogP contribution < -0.4 is 0 Å². The van der Waals surface area contributed by atoms with Crippen LogP contribution in [0.4, 0.5) is 0 Å². The highest BCUT2D eigenvalue weighted by Crippen LogP contribution is 2.30. The fourth-order valence-electron chi connectivity index (χ4n) is 1.63. The molecule has 1 aromatic carbocycles. The molecule has 0 bridgehead atoms. The quantitative estimate of drug-likeness (QED) is 0.747. The lowest BCUT2D eigenvalue weighted by molar-refractivity contribution is 0.603. The molecule has 2 rings (SSSR count). The molecule has 2 aromatic rings. The molecule has 0 aliphatic carbocycles. The zero-order valence-electron chi connectivity index (χ0n) is 10.8. The summed E-state index contributed by atoms with van der Waals surface area (Å²) < 4.78 is 25.0. The fraction of sp³-hybridized carbons (Fsp3) is 0.0714. The second kappa shape index (κ2) is 6.20. The maximum absolute atomic E-state index is 12.5. The number of allylic oxidation sites excluding steroid dienone is 1. The van der Waals surface area contributed by atoms with Crippen molar-refractivity contribution in [1.82, 2.24) is 0 Å². The highest BCUT2D eigenvalue weighted by Gasteiger charge is 2.24. The summed E-state index contributed by atoms with van der Waals surface area (Å²) in [6, 6.07) is 9.45. The average Bonchev–Trinajstić information content (AvgIpc) is 2.84. The van der Waals surface area contributed by atoms with Crippen LogP contribution in [0.1, 0.15) is 9.75 Å². The van der Waals surface area contributed by atoms with Crippen molar-refractivity contribution < 1.29 is 8.42 Å². The molecule has 0 aliphatic heterocycles. The fourth-order valence-corrected chi connectivity index (χ4v) is 4.43. The Morgan fingerprint density at radius 3 is 2.57 bits per heavy atom. The van der Waals surface area contributed by atoms with Crippen molar-refractivity contribution in [2.24, 2.45) is 0 Å². The van der Waals surface area contributed by atoms with Gasteiger partial charge in [-0.3, -0.25) is 0 Å². The van der Waals surface area contributed by atoms with E-state index in [0.717, 1.165) is 4.88 Å². The smallest absolute Gasteiger partial charge is 0.218 e. The number of benzene rings is 1. The third-order valence-corrected chi connectivity index (χ3v) is 5.95. The largest absolute Gasteiger partial charge is 0.218 e. The Bertz CT molecular complexity index is 861. The summed E-state index contributed by atoms with van der Waals surface area (Å²) in [5.74, 6) is 0. The second-order valence-corrected chi connectivity index (χ2v) is 8.20. The van der Waals surface area contributed by atoms with Crippen LogP contribution in [0.5, 0.6) is 0 Å². The standard InChI is InChI=1S/C14H9Cl2NO2S2/c1-9-2-4-11(20-9)7-12(8-17)21(18,19)14-6-10(15)3-5-13(14)16/h2-7H,1H3/b12-7+. The number of hydrogen-bond donors (Lipinski definition) is 0. The highest BCUT2D eigenvalue weighted by molar-refractivity contribution is 7.95. The molecular formula is C14H9Cl2NO2S2. The molecule has 0 aliphatic rings. The molecule has 0 unspecified atom stereocenters. The van der Waals surface area contributed by atoms with Crippen molar-refractivity contribution in [1.29, 1.82) is 5.26 Å². The lowest BCUT2D eigenvalue weighted by Crippen LogP contribution is -2.04. The van der Waals surface area contributed by atoms with E-state index in [1.165, 1.54) is 35.6 Å². The predicted molar refractivity (Wildman–Crippen MR) is 86.3 cm³/mol. The topological polar surface area (TPSA) is 57.9 Å². The van der Waals surface area contributed by atoms with E-state index < -0.39 is 9.84 Å². The molecule has 0 spiro atoms. The van der Waals surface area contributed by atoms with E-state index in [9.17, 15) is 13.7 Å². The van der Waals surface area contributed by atoms with Crippen molar-refractivity contribution >= 4 is 50.5 Å². The van der Waals surface area contributed by atoms with E-state index in [0.29, 0.717) is 4.88 Å². The number of halogens is 2. The van der Waals surface area contributed by atoms with E-state index in [1.807, 2.05) is 13.0 Å². The van der Waals surface area contributed by atoms with Gasteiger partial charge in [0.15, 0.2) is 4.91 Å².